The molecule has 2 rings (SSSR count). The summed E-state index contributed by atoms with van der Waals surface area (Å²) in [5.41, 5.74) is 0. The number of anilines is 1. The highest BCUT2D eigenvalue weighted by Crippen LogP contribution is 2.20. The van der Waals surface area contributed by atoms with Crippen molar-refractivity contribution in [2.45, 2.75) is 38.2 Å². The van der Waals surface area contributed by atoms with Gasteiger partial charge in [0, 0.05) is 6.07 Å². The van der Waals surface area contributed by atoms with Gasteiger partial charge in [-0.25, -0.2) is 4.79 Å². The van der Waals surface area contributed by atoms with Crippen molar-refractivity contribution < 1.29 is 13.9 Å². The van der Waals surface area contributed by atoms with E-state index in [-0.39, 0.29) is 6.10 Å². The number of hydrogen-bond acceptors (Lipinski definition) is 3. The van der Waals surface area contributed by atoms with E-state index >= 15 is 0 Å². The van der Waals surface area contributed by atoms with E-state index in [0.717, 1.165) is 25.7 Å². The van der Waals surface area contributed by atoms with E-state index < -0.39 is 6.09 Å². The Morgan fingerprint density at radius 2 is 2.20 bits per heavy atom. The van der Waals surface area contributed by atoms with Gasteiger partial charge in [-0.15, -0.1) is 0 Å². The number of carbonyl (C=O) groups excluding carboxylic acids is 1. The molecule has 0 aromatic carbocycles. The third-order valence-electron chi connectivity index (χ3n) is 2.57. The average molecular weight is 209 g/mol. The van der Waals surface area contributed by atoms with Gasteiger partial charge in [-0.3, -0.25) is 5.32 Å². The molecule has 0 spiro atoms. The number of hydrogen-bond donors (Lipinski definition) is 1. The Balaban J connectivity index is 1.76. The van der Waals surface area contributed by atoms with Crippen LogP contribution < -0.4 is 5.32 Å². The van der Waals surface area contributed by atoms with Gasteiger partial charge >= 0.3 is 6.09 Å². The molecule has 0 aliphatic heterocycles. The second kappa shape index (κ2) is 4.87. The Morgan fingerprint density at radius 1 is 1.40 bits per heavy atom. The maximum Gasteiger partial charge on any atom is 0.414 e. The van der Waals surface area contributed by atoms with Crippen molar-refractivity contribution in [2.75, 3.05) is 5.32 Å². The molecule has 0 radical (unpaired) electrons. The monoisotopic (exact) mass is 209 g/mol. The fourth-order valence-electron chi connectivity index (χ4n) is 1.81. The van der Waals surface area contributed by atoms with Crippen LogP contribution in [0.5, 0.6) is 0 Å². The van der Waals surface area contributed by atoms with E-state index in [1.807, 2.05) is 0 Å². The third kappa shape index (κ3) is 3.01. The number of nitrogens with one attached hydrogen (secondary N) is 1. The van der Waals surface area contributed by atoms with E-state index in [1.165, 1.54) is 12.7 Å². The molecule has 1 saturated carbocycles. The molecular weight excluding hydrogens is 194 g/mol. The topological polar surface area (TPSA) is 51.5 Å². The van der Waals surface area contributed by atoms with Crippen molar-refractivity contribution in [1.29, 1.82) is 0 Å². The minimum Gasteiger partial charge on any atom is -0.448 e. The van der Waals surface area contributed by atoms with Crippen molar-refractivity contribution in [3.05, 3.63) is 18.4 Å². The van der Waals surface area contributed by atoms with Gasteiger partial charge < -0.3 is 9.15 Å². The fraction of sp³-hybridized carbons (Fsp3) is 0.545. The minimum absolute atomic E-state index is 0.0775. The van der Waals surface area contributed by atoms with Crippen LogP contribution in [0.1, 0.15) is 32.1 Å². The minimum atomic E-state index is -0.420. The van der Waals surface area contributed by atoms with E-state index in [9.17, 15) is 4.79 Å². The van der Waals surface area contributed by atoms with Gasteiger partial charge in [0.2, 0.25) is 5.88 Å². The van der Waals surface area contributed by atoms with Crippen molar-refractivity contribution in [1.82, 2.24) is 0 Å². The summed E-state index contributed by atoms with van der Waals surface area (Å²) >= 11 is 0. The van der Waals surface area contributed by atoms with Crippen LogP contribution in [0.15, 0.2) is 22.8 Å². The maximum absolute atomic E-state index is 11.4. The molecule has 1 aromatic rings. The molecule has 82 valence electrons. The summed E-state index contributed by atoms with van der Waals surface area (Å²) in [6.07, 6.45) is 6.68. The molecule has 4 nitrogen and oxygen atoms in total. The zero-order valence-corrected chi connectivity index (χ0v) is 8.57. The molecule has 0 saturated heterocycles. The predicted octanol–water partition coefficient (Wildman–Crippen LogP) is 3.16. The van der Waals surface area contributed by atoms with Crippen LogP contribution in [-0.2, 0) is 4.74 Å². The van der Waals surface area contributed by atoms with E-state index in [4.69, 9.17) is 9.15 Å². The van der Waals surface area contributed by atoms with Crippen molar-refractivity contribution in [3.8, 4) is 0 Å². The molecular formula is C11H15NO3. The number of furan rings is 1. The first-order chi connectivity index (χ1) is 7.34. The van der Waals surface area contributed by atoms with Crippen LogP contribution >= 0.6 is 0 Å². The molecule has 4 heteroatoms. The lowest BCUT2D eigenvalue weighted by Gasteiger charge is -2.21. The van der Waals surface area contributed by atoms with E-state index in [0.29, 0.717) is 5.88 Å². The Hall–Kier alpha value is -1.45. The average Bonchev–Trinajstić information content (AvgIpc) is 2.71. The smallest absolute Gasteiger partial charge is 0.414 e. The summed E-state index contributed by atoms with van der Waals surface area (Å²) in [7, 11) is 0. The summed E-state index contributed by atoms with van der Waals surface area (Å²) in [5, 5.41) is 2.54. The molecule has 1 heterocycles. The Morgan fingerprint density at radius 3 is 2.87 bits per heavy atom. The van der Waals surface area contributed by atoms with Gasteiger partial charge in [-0.2, -0.15) is 0 Å². The SMILES string of the molecule is O=C(Nc1ccco1)OC1CCCCC1. The largest absolute Gasteiger partial charge is 0.448 e. The van der Waals surface area contributed by atoms with Crippen LogP contribution in [0.4, 0.5) is 10.7 Å². The van der Waals surface area contributed by atoms with Gasteiger partial charge in [-0.05, 0) is 31.7 Å². The van der Waals surface area contributed by atoms with Crippen LogP contribution in [0.25, 0.3) is 0 Å². The highest BCUT2D eigenvalue weighted by Gasteiger charge is 2.17. The molecule has 0 bridgehead atoms. The molecule has 1 fully saturated rings. The summed E-state index contributed by atoms with van der Waals surface area (Å²) in [6, 6.07) is 3.40. The highest BCUT2D eigenvalue weighted by molar-refractivity contribution is 5.82. The van der Waals surface area contributed by atoms with Gasteiger partial charge in [0.25, 0.3) is 0 Å². The summed E-state index contributed by atoms with van der Waals surface area (Å²) in [5.74, 6) is 0.427. The number of ether oxygens (including phenoxy) is 1. The Labute approximate surface area is 88.6 Å². The molecule has 1 aromatic heterocycles. The second-order valence-corrected chi connectivity index (χ2v) is 3.77. The number of amides is 1. The van der Waals surface area contributed by atoms with Crippen LogP contribution in [0.2, 0.25) is 0 Å². The first kappa shape index (κ1) is 10.1. The lowest BCUT2D eigenvalue weighted by Crippen LogP contribution is -2.24. The molecule has 1 amide bonds. The molecule has 1 aliphatic carbocycles. The van der Waals surface area contributed by atoms with Crippen molar-refractivity contribution in [3.63, 3.8) is 0 Å². The van der Waals surface area contributed by atoms with E-state index in [2.05, 4.69) is 5.32 Å². The number of rotatable bonds is 2. The second-order valence-electron chi connectivity index (χ2n) is 3.77. The molecule has 0 atom stereocenters. The zero-order valence-electron chi connectivity index (χ0n) is 8.57. The van der Waals surface area contributed by atoms with Crippen LogP contribution in [-0.4, -0.2) is 12.2 Å². The standard InChI is InChI=1S/C11H15NO3/c13-11(12-10-7-4-8-14-10)15-9-5-2-1-3-6-9/h4,7-9H,1-3,5-6H2,(H,12,13). The zero-order chi connectivity index (χ0) is 10.5. The van der Waals surface area contributed by atoms with Crippen LogP contribution in [0, 0.1) is 0 Å². The maximum atomic E-state index is 11.4. The first-order valence-electron chi connectivity index (χ1n) is 5.36. The van der Waals surface area contributed by atoms with Gasteiger partial charge in [0.1, 0.15) is 6.10 Å². The highest BCUT2D eigenvalue weighted by atomic mass is 16.6. The van der Waals surface area contributed by atoms with Gasteiger partial charge in [0.15, 0.2) is 0 Å². The molecule has 15 heavy (non-hydrogen) atoms. The van der Waals surface area contributed by atoms with Gasteiger partial charge in [0.05, 0.1) is 6.26 Å². The van der Waals surface area contributed by atoms with E-state index in [1.54, 1.807) is 12.1 Å². The van der Waals surface area contributed by atoms with Crippen molar-refractivity contribution in [2.24, 2.45) is 0 Å². The summed E-state index contributed by atoms with van der Waals surface area (Å²) in [6.45, 7) is 0. The van der Waals surface area contributed by atoms with Crippen molar-refractivity contribution >= 4 is 12.0 Å². The number of carbonyl (C=O) groups is 1. The lowest BCUT2D eigenvalue weighted by atomic mass is 9.98. The Kier molecular flexibility index (Phi) is 3.27. The van der Waals surface area contributed by atoms with Gasteiger partial charge in [-0.1, -0.05) is 6.42 Å². The molecule has 1 N–H and O–H groups in total. The normalized spacial score (nSPS) is 17.3. The molecule has 1 aliphatic rings. The predicted molar refractivity (Wildman–Crippen MR) is 55.7 cm³/mol. The fourth-order valence-corrected chi connectivity index (χ4v) is 1.81. The summed E-state index contributed by atoms with van der Waals surface area (Å²) in [4.78, 5) is 11.4. The first-order valence-corrected chi connectivity index (χ1v) is 5.36. The summed E-state index contributed by atoms with van der Waals surface area (Å²) < 4.78 is 10.2. The third-order valence-corrected chi connectivity index (χ3v) is 2.57. The van der Waals surface area contributed by atoms with Crippen LogP contribution in [0.3, 0.4) is 0 Å². The molecule has 0 unspecified atom stereocenters. The lowest BCUT2D eigenvalue weighted by molar-refractivity contribution is 0.0861. The Bertz CT molecular complexity index is 302. The quantitative estimate of drug-likeness (QED) is 0.813.